The standard InChI is InChI=1S/C24H32O3/c1-4-16-7-9-21-19-8-6-15-12-22(26)23(27-14-17(25)5-2)13-20(15)18(19)10-11-24(16,21)3/h2,12-13,16-19,21,25-26H,4,6-11,14H2,1,3H3/t16-,17?,18-,19+,21-,24+/m0/s1. The maximum atomic E-state index is 10.3. The van der Waals surface area contributed by atoms with Crippen LogP contribution in [0.3, 0.4) is 0 Å². The van der Waals surface area contributed by atoms with Gasteiger partial charge in [-0.2, -0.15) is 0 Å². The van der Waals surface area contributed by atoms with Crippen molar-refractivity contribution in [3.05, 3.63) is 23.3 Å². The Morgan fingerprint density at radius 2 is 2.11 bits per heavy atom. The lowest BCUT2D eigenvalue weighted by Gasteiger charge is -2.51. The van der Waals surface area contributed by atoms with E-state index in [0.717, 1.165) is 24.2 Å². The highest BCUT2D eigenvalue weighted by molar-refractivity contribution is 5.49. The number of rotatable bonds is 4. The molecule has 0 spiro atoms. The molecule has 6 atom stereocenters. The molecule has 3 aliphatic rings. The SMILES string of the molecule is C#CC(O)COc1cc2c(cc1O)CC[C@@H]1[C@@H]2CC[C@]2(C)[C@@H](CC)CC[C@@H]12. The second kappa shape index (κ2) is 7.06. The van der Waals surface area contributed by atoms with Crippen molar-refractivity contribution in [3.8, 4) is 23.8 Å². The van der Waals surface area contributed by atoms with Crippen molar-refractivity contribution >= 4 is 0 Å². The van der Waals surface area contributed by atoms with Gasteiger partial charge in [-0.25, -0.2) is 0 Å². The highest BCUT2D eigenvalue weighted by atomic mass is 16.5. The van der Waals surface area contributed by atoms with Crippen molar-refractivity contribution in [3.63, 3.8) is 0 Å². The Bertz CT molecular complexity index is 749. The average molecular weight is 369 g/mol. The number of terminal acetylenes is 1. The Balaban J connectivity index is 1.61. The van der Waals surface area contributed by atoms with Crippen molar-refractivity contribution in [1.29, 1.82) is 0 Å². The molecular formula is C24H32O3. The lowest BCUT2D eigenvalue weighted by molar-refractivity contribution is 0.0272. The molecule has 0 saturated heterocycles. The summed E-state index contributed by atoms with van der Waals surface area (Å²) in [6, 6.07) is 3.90. The lowest BCUT2D eigenvalue weighted by atomic mass is 9.54. The number of aliphatic hydroxyl groups is 1. The van der Waals surface area contributed by atoms with Gasteiger partial charge >= 0.3 is 0 Å². The van der Waals surface area contributed by atoms with Crippen LogP contribution in [0, 0.1) is 35.5 Å². The number of ether oxygens (including phenoxy) is 1. The minimum absolute atomic E-state index is 0.00974. The molecule has 0 aromatic heterocycles. The van der Waals surface area contributed by atoms with E-state index in [9.17, 15) is 10.2 Å². The van der Waals surface area contributed by atoms with Gasteiger partial charge in [-0.15, -0.1) is 6.42 Å². The van der Waals surface area contributed by atoms with Gasteiger partial charge < -0.3 is 14.9 Å². The fraction of sp³-hybridized carbons (Fsp3) is 0.667. The van der Waals surface area contributed by atoms with Gasteiger partial charge in [0.05, 0.1) is 0 Å². The first-order valence-electron chi connectivity index (χ1n) is 10.6. The van der Waals surface area contributed by atoms with Crippen LogP contribution in [-0.2, 0) is 6.42 Å². The third-order valence-corrected chi connectivity index (χ3v) is 8.08. The van der Waals surface area contributed by atoms with Crippen LogP contribution in [0.5, 0.6) is 11.5 Å². The van der Waals surface area contributed by atoms with Gasteiger partial charge in [0.1, 0.15) is 12.7 Å². The van der Waals surface area contributed by atoms with Gasteiger partial charge in [0.25, 0.3) is 0 Å². The van der Waals surface area contributed by atoms with E-state index in [4.69, 9.17) is 11.2 Å². The van der Waals surface area contributed by atoms with E-state index in [1.54, 1.807) is 0 Å². The van der Waals surface area contributed by atoms with Crippen LogP contribution < -0.4 is 4.74 Å². The molecule has 3 heteroatoms. The first-order chi connectivity index (χ1) is 13.0. The normalized spacial score (nSPS) is 35.5. The maximum absolute atomic E-state index is 10.3. The number of aliphatic hydroxyl groups excluding tert-OH is 1. The summed E-state index contributed by atoms with van der Waals surface area (Å²) in [6.07, 6.45) is 13.2. The Hall–Kier alpha value is -1.66. The predicted molar refractivity (Wildman–Crippen MR) is 107 cm³/mol. The zero-order chi connectivity index (χ0) is 19.2. The number of hydrogen-bond acceptors (Lipinski definition) is 3. The van der Waals surface area contributed by atoms with Gasteiger partial charge in [0.15, 0.2) is 11.5 Å². The van der Waals surface area contributed by atoms with Gasteiger partial charge in [-0.1, -0.05) is 26.2 Å². The van der Waals surface area contributed by atoms with Crippen LogP contribution in [0.4, 0.5) is 0 Å². The van der Waals surface area contributed by atoms with Gasteiger partial charge in [-0.3, -0.25) is 0 Å². The summed E-state index contributed by atoms with van der Waals surface area (Å²) in [5, 5.41) is 19.9. The Morgan fingerprint density at radius 1 is 1.30 bits per heavy atom. The second-order valence-corrected chi connectivity index (χ2v) is 9.15. The summed E-state index contributed by atoms with van der Waals surface area (Å²) in [5.74, 6) is 5.90. The van der Waals surface area contributed by atoms with Crippen LogP contribution in [0.1, 0.15) is 69.4 Å². The number of phenolic OH excluding ortho intramolecular Hbond substituents is 1. The van der Waals surface area contributed by atoms with Crippen molar-refractivity contribution in [1.82, 2.24) is 0 Å². The average Bonchev–Trinajstić information content (AvgIpc) is 3.02. The van der Waals surface area contributed by atoms with E-state index < -0.39 is 6.10 Å². The quantitative estimate of drug-likeness (QED) is 0.761. The van der Waals surface area contributed by atoms with E-state index >= 15 is 0 Å². The van der Waals surface area contributed by atoms with E-state index in [2.05, 4.69) is 19.8 Å². The van der Waals surface area contributed by atoms with Crippen molar-refractivity contribution < 1.29 is 14.9 Å². The molecule has 2 N–H and O–H groups in total. The molecular weight excluding hydrogens is 336 g/mol. The molecule has 2 saturated carbocycles. The summed E-state index contributed by atoms with van der Waals surface area (Å²) < 4.78 is 5.63. The zero-order valence-electron chi connectivity index (χ0n) is 16.6. The summed E-state index contributed by atoms with van der Waals surface area (Å²) >= 11 is 0. The molecule has 0 bridgehead atoms. The molecule has 1 aromatic carbocycles. The van der Waals surface area contributed by atoms with Crippen LogP contribution in [-0.4, -0.2) is 22.9 Å². The monoisotopic (exact) mass is 368 g/mol. The zero-order valence-corrected chi connectivity index (χ0v) is 16.6. The predicted octanol–water partition coefficient (Wildman–Crippen LogP) is 4.65. The summed E-state index contributed by atoms with van der Waals surface area (Å²) in [6.45, 7) is 4.92. The van der Waals surface area contributed by atoms with Gasteiger partial charge in [0.2, 0.25) is 0 Å². The fourth-order valence-corrected chi connectivity index (χ4v) is 6.70. The minimum atomic E-state index is -0.951. The van der Waals surface area contributed by atoms with Gasteiger partial charge in [-0.05, 0) is 90.9 Å². The lowest BCUT2D eigenvalue weighted by Crippen LogP contribution is -2.42. The smallest absolute Gasteiger partial charge is 0.161 e. The highest BCUT2D eigenvalue weighted by Gasteiger charge is 2.54. The van der Waals surface area contributed by atoms with E-state index in [-0.39, 0.29) is 12.4 Å². The van der Waals surface area contributed by atoms with Crippen LogP contribution in [0.25, 0.3) is 0 Å². The van der Waals surface area contributed by atoms with Crippen LogP contribution in [0.2, 0.25) is 0 Å². The molecule has 27 heavy (non-hydrogen) atoms. The third-order valence-electron chi connectivity index (χ3n) is 8.08. The van der Waals surface area contributed by atoms with Crippen LogP contribution >= 0.6 is 0 Å². The number of fused-ring (bicyclic) bond motifs is 5. The molecule has 0 aliphatic heterocycles. The maximum Gasteiger partial charge on any atom is 0.161 e. The molecule has 1 unspecified atom stereocenters. The second-order valence-electron chi connectivity index (χ2n) is 9.15. The minimum Gasteiger partial charge on any atom is -0.504 e. The molecule has 0 amide bonds. The number of benzene rings is 1. The molecule has 2 fully saturated rings. The first-order valence-corrected chi connectivity index (χ1v) is 10.6. The van der Waals surface area contributed by atoms with E-state index in [1.807, 2.05) is 12.1 Å². The van der Waals surface area contributed by atoms with E-state index in [1.165, 1.54) is 49.7 Å². The molecule has 4 rings (SSSR count). The van der Waals surface area contributed by atoms with Gasteiger partial charge in [0, 0.05) is 0 Å². The molecule has 0 radical (unpaired) electrons. The largest absolute Gasteiger partial charge is 0.504 e. The van der Waals surface area contributed by atoms with Crippen molar-refractivity contribution in [2.24, 2.45) is 23.2 Å². The first kappa shape index (κ1) is 18.7. The van der Waals surface area contributed by atoms with Crippen molar-refractivity contribution in [2.75, 3.05) is 6.61 Å². The topological polar surface area (TPSA) is 49.7 Å². The number of phenols is 1. The Kier molecular flexibility index (Phi) is 4.89. The number of aryl methyl sites for hydroxylation is 1. The molecule has 3 nitrogen and oxygen atoms in total. The third kappa shape index (κ3) is 3.03. The fourth-order valence-electron chi connectivity index (χ4n) is 6.70. The Morgan fingerprint density at radius 3 is 2.85 bits per heavy atom. The summed E-state index contributed by atoms with van der Waals surface area (Å²) in [5.41, 5.74) is 3.14. The number of hydrogen-bond donors (Lipinski definition) is 2. The molecule has 1 aromatic rings. The van der Waals surface area contributed by atoms with E-state index in [0.29, 0.717) is 17.1 Å². The molecule has 0 heterocycles. The molecule has 146 valence electrons. The number of aromatic hydroxyl groups is 1. The highest BCUT2D eigenvalue weighted by Crippen LogP contribution is 2.63. The van der Waals surface area contributed by atoms with Crippen LogP contribution in [0.15, 0.2) is 12.1 Å². The summed E-state index contributed by atoms with van der Waals surface area (Å²) in [7, 11) is 0. The summed E-state index contributed by atoms with van der Waals surface area (Å²) in [4.78, 5) is 0. The van der Waals surface area contributed by atoms with Crippen molar-refractivity contribution in [2.45, 2.75) is 70.8 Å². The molecule has 3 aliphatic carbocycles. The Labute approximate surface area is 163 Å².